The highest BCUT2D eigenvalue weighted by Gasteiger charge is 2.26. The highest BCUT2D eigenvalue weighted by molar-refractivity contribution is 5.94. The fourth-order valence-electron chi connectivity index (χ4n) is 2.61. The van der Waals surface area contributed by atoms with E-state index in [-0.39, 0.29) is 23.1 Å². The molecule has 2 aromatic rings. The van der Waals surface area contributed by atoms with Gasteiger partial charge in [0.1, 0.15) is 5.56 Å². The fraction of sp³-hybridized carbons (Fsp3) is 0.294. The van der Waals surface area contributed by atoms with Crippen molar-refractivity contribution in [2.75, 3.05) is 19.8 Å². The first-order valence-corrected chi connectivity index (χ1v) is 7.34. The van der Waals surface area contributed by atoms with Crippen molar-refractivity contribution in [3.63, 3.8) is 0 Å². The average Bonchev–Trinajstić information content (AvgIpc) is 2.55. The predicted molar refractivity (Wildman–Crippen MR) is 83.8 cm³/mol. The average molecular weight is 298 g/mol. The number of hydrogen-bond acceptors (Lipinski definition) is 3. The van der Waals surface area contributed by atoms with Gasteiger partial charge in [-0.05, 0) is 24.6 Å². The Kier molecular flexibility index (Phi) is 4.06. The lowest BCUT2D eigenvalue weighted by atomic mass is 10.1. The van der Waals surface area contributed by atoms with E-state index in [2.05, 4.69) is 4.98 Å². The normalized spacial score (nSPS) is 18.2. The van der Waals surface area contributed by atoms with Gasteiger partial charge in [-0.15, -0.1) is 0 Å². The molecular weight excluding hydrogens is 280 g/mol. The van der Waals surface area contributed by atoms with Crippen LogP contribution in [-0.2, 0) is 4.74 Å². The zero-order chi connectivity index (χ0) is 15.5. The maximum Gasteiger partial charge on any atom is 0.261 e. The molecule has 1 aliphatic rings. The van der Waals surface area contributed by atoms with Gasteiger partial charge in [0.05, 0.1) is 19.3 Å². The molecule has 1 N–H and O–H groups in total. The standard InChI is InChI=1S/C17H18N2O3/c1-12-11-22-10-9-19(12)17(21)14-7-8-15(18-16(14)20)13-5-3-2-4-6-13/h2-8,12H,9-11H2,1H3,(H,18,20)/t12-/m1/s1. The summed E-state index contributed by atoms with van der Waals surface area (Å²) in [5.41, 5.74) is 1.44. The van der Waals surface area contributed by atoms with Crippen molar-refractivity contribution in [3.8, 4) is 11.3 Å². The first-order chi connectivity index (χ1) is 10.7. The van der Waals surface area contributed by atoms with E-state index in [0.717, 1.165) is 5.56 Å². The summed E-state index contributed by atoms with van der Waals surface area (Å²) in [6, 6.07) is 12.9. The fourth-order valence-corrected chi connectivity index (χ4v) is 2.61. The van der Waals surface area contributed by atoms with E-state index in [1.165, 1.54) is 0 Å². The highest BCUT2D eigenvalue weighted by atomic mass is 16.5. The van der Waals surface area contributed by atoms with Crippen molar-refractivity contribution in [2.24, 2.45) is 0 Å². The molecule has 0 bridgehead atoms. The molecule has 114 valence electrons. The van der Waals surface area contributed by atoms with Crippen LogP contribution in [0.4, 0.5) is 0 Å². The first-order valence-electron chi connectivity index (χ1n) is 7.34. The molecule has 3 rings (SSSR count). The second kappa shape index (κ2) is 6.15. The quantitative estimate of drug-likeness (QED) is 0.921. The molecule has 0 spiro atoms. The molecule has 1 fully saturated rings. The second-order valence-electron chi connectivity index (χ2n) is 5.40. The van der Waals surface area contributed by atoms with Gasteiger partial charge >= 0.3 is 0 Å². The zero-order valence-corrected chi connectivity index (χ0v) is 12.4. The molecule has 1 aromatic carbocycles. The third kappa shape index (κ3) is 2.80. The lowest BCUT2D eigenvalue weighted by Crippen LogP contribution is -2.48. The summed E-state index contributed by atoms with van der Waals surface area (Å²) in [6.07, 6.45) is 0. The van der Waals surface area contributed by atoms with Crippen LogP contribution in [0, 0.1) is 0 Å². The van der Waals surface area contributed by atoms with E-state index >= 15 is 0 Å². The summed E-state index contributed by atoms with van der Waals surface area (Å²) in [4.78, 5) is 29.3. The van der Waals surface area contributed by atoms with Crippen LogP contribution in [0.2, 0.25) is 0 Å². The number of aromatic nitrogens is 1. The van der Waals surface area contributed by atoms with Crippen molar-refractivity contribution in [1.29, 1.82) is 0 Å². The largest absolute Gasteiger partial charge is 0.377 e. The summed E-state index contributed by atoms with van der Waals surface area (Å²) in [5.74, 6) is -0.239. The van der Waals surface area contributed by atoms with Crippen LogP contribution < -0.4 is 5.56 Å². The Labute approximate surface area is 128 Å². The predicted octanol–water partition coefficient (Wildman–Crippen LogP) is 1.90. The molecule has 1 amide bonds. The van der Waals surface area contributed by atoms with Gasteiger partial charge in [0.2, 0.25) is 0 Å². The topological polar surface area (TPSA) is 62.4 Å². The maximum absolute atomic E-state index is 12.5. The molecule has 0 unspecified atom stereocenters. The Hall–Kier alpha value is -2.40. The molecule has 1 aliphatic heterocycles. The number of aromatic amines is 1. The van der Waals surface area contributed by atoms with Crippen molar-refractivity contribution < 1.29 is 9.53 Å². The van der Waals surface area contributed by atoms with Gasteiger partial charge in [-0.25, -0.2) is 0 Å². The number of H-pyrrole nitrogens is 1. The maximum atomic E-state index is 12.5. The Morgan fingerprint density at radius 2 is 2.00 bits per heavy atom. The number of rotatable bonds is 2. The van der Waals surface area contributed by atoms with E-state index in [1.807, 2.05) is 37.3 Å². The Morgan fingerprint density at radius 3 is 2.68 bits per heavy atom. The Balaban J connectivity index is 1.89. The van der Waals surface area contributed by atoms with E-state index in [0.29, 0.717) is 25.5 Å². The number of carbonyl (C=O) groups is 1. The summed E-state index contributed by atoms with van der Waals surface area (Å²) in [5, 5.41) is 0. The summed E-state index contributed by atoms with van der Waals surface area (Å²) in [6.45, 7) is 3.45. The monoisotopic (exact) mass is 298 g/mol. The number of nitrogens with one attached hydrogen (secondary N) is 1. The molecule has 0 radical (unpaired) electrons. The van der Waals surface area contributed by atoms with Crippen LogP contribution in [-0.4, -0.2) is 41.6 Å². The number of ether oxygens (including phenoxy) is 1. The smallest absolute Gasteiger partial charge is 0.261 e. The van der Waals surface area contributed by atoms with Crippen LogP contribution in [0.3, 0.4) is 0 Å². The van der Waals surface area contributed by atoms with E-state index in [1.54, 1.807) is 17.0 Å². The van der Waals surface area contributed by atoms with E-state index in [9.17, 15) is 9.59 Å². The minimum atomic E-state index is -0.356. The van der Waals surface area contributed by atoms with Gasteiger partial charge in [-0.2, -0.15) is 0 Å². The van der Waals surface area contributed by atoms with Crippen LogP contribution in [0.5, 0.6) is 0 Å². The SMILES string of the molecule is C[C@@H]1COCCN1C(=O)c1ccc(-c2ccccc2)[nH]c1=O. The minimum absolute atomic E-state index is 0.0190. The molecule has 0 saturated carbocycles. The van der Waals surface area contributed by atoms with Crippen LogP contribution in [0.1, 0.15) is 17.3 Å². The summed E-state index contributed by atoms with van der Waals surface area (Å²) < 4.78 is 5.33. The number of pyridine rings is 1. The molecule has 1 saturated heterocycles. The number of carbonyl (C=O) groups excluding carboxylic acids is 1. The summed E-state index contributed by atoms with van der Waals surface area (Å²) >= 11 is 0. The molecule has 5 heteroatoms. The number of morpholine rings is 1. The highest BCUT2D eigenvalue weighted by Crippen LogP contribution is 2.16. The lowest BCUT2D eigenvalue weighted by molar-refractivity contribution is 0.00349. The van der Waals surface area contributed by atoms with Gasteiger partial charge in [0.15, 0.2) is 0 Å². The number of benzene rings is 1. The third-order valence-corrected chi connectivity index (χ3v) is 3.85. The molecule has 1 atom stereocenters. The van der Waals surface area contributed by atoms with Crippen molar-refractivity contribution in [1.82, 2.24) is 9.88 Å². The molecule has 1 aromatic heterocycles. The zero-order valence-electron chi connectivity index (χ0n) is 12.4. The molecular formula is C17H18N2O3. The van der Waals surface area contributed by atoms with Gasteiger partial charge in [-0.1, -0.05) is 30.3 Å². The van der Waals surface area contributed by atoms with Crippen LogP contribution in [0.25, 0.3) is 11.3 Å². The van der Waals surface area contributed by atoms with Crippen molar-refractivity contribution in [2.45, 2.75) is 13.0 Å². The molecule has 22 heavy (non-hydrogen) atoms. The van der Waals surface area contributed by atoms with E-state index < -0.39 is 0 Å². The van der Waals surface area contributed by atoms with Crippen LogP contribution >= 0.6 is 0 Å². The molecule has 5 nitrogen and oxygen atoms in total. The number of hydrogen-bond donors (Lipinski definition) is 1. The molecule has 2 heterocycles. The first kappa shape index (κ1) is 14.5. The second-order valence-corrected chi connectivity index (χ2v) is 5.40. The Bertz CT molecular complexity index is 724. The Morgan fingerprint density at radius 1 is 1.23 bits per heavy atom. The van der Waals surface area contributed by atoms with Gasteiger partial charge < -0.3 is 14.6 Å². The van der Waals surface area contributed by atoms with Gasteiger partial charge in [-0.3, -0.25) is 9.59 Å². The summed E-state index contributed by atoms with van der Waals surface area (Å²) in [7, 11) is 0. The minimum Gasteiger partial charge on any atom is -0.377 e. The van der Waals surface area contributed by atoms with Gasteiger partial charge in [0, 0.05) is 12.2 Å². The number of nitrogens with zero attached hydrogens (tertiary/aromatic N) is 1. The van der Waals surface area contributed by atoms with Gasteiger partial charge in [0.25, 0.3) is 11.5 Å². The number of amides is 1. The van der Waals surface area contributed by atoms with E-state index in [4.69, 9.17) is 4.74 Å². The van der Waals surface area contributed by atoms with Crippen molar-refractivity contribution in [3.05, 3.63) is 58.4 Å². The third-order valence-electron chi connectivity index (χ3n) is 3.85. The lowest BCUT2D eigenvalue weighted by Gasteiger charge is -2.33. The van der Waals surface area contributed by atoms with Crippen molar-refractivity contribution >= 4 is 5.91 Å². The van der Waals surface area contributed by atoms with Crippen LogP contribution in [0.15, 0.2) is 47.3 Å². The molecule has 0 aliphatic carbocycles.